The van der Waals surface area contributed by atoms with Gasteiger partial charge in [0, 0.05) is 30.8 Å². The van der Waals surface area contributed by atoms with Crippen molar-refractivity contribution in [1.29, 1.82) is 5.26 Å². The quantitative estimate of drug-likeness (QED) is 0.644. The molecule has 1 amide bonds. The molecule has 0 spiro atoms. The number of carbonyl (C=O) groups is 1. The number of hydrogen-bond donors (Lipinski definition) is 0. The van der Waals surface area contributed by atoms with Crippen LogP contribution in [0.2, 0.25) is 0 Å². The summed E-state index contributed by atoms with van der Waals surface area (Å²) < 4.78 is 0. The number of rotatable bonds is 2. The molecule has 0 saturated carbocycles. The van der Waals surface area contributed by atoms with Crippen molar-refractivity contribution in [2.45, 2.75) is 33.2 Å². The van der Waals surface area contributed by atoms with Gasteiger partial charge in [-0.3, -0.25) is 4.79 Å². The van der Waals surface area contributed by atoms with E-state index in [0.29, 0.717) is 6.42 Å². The summed E-state index contributed by atoms with van der Waals surface area (Å²) in [5.74, 6) is 0.426. The van der Waals surface area contributed by atoms with Crippen molar-refractivity contribution in [2.75, 3.05) is 6.54 Å². The van der Waals surface area contributed by atoms with E-state index in [1.807, 2.05) is 25.7 Å². The molecule has 13 heavy (non-hydrogen) atoms. The van der Waals surface area contributed by atoms with Crippen LogP contribution in [0.15, 0.2) is 0 Å². The van der Waals surface area contributed by atoms with E-state index in [1.165, 1.54) is 0 Å². The van der Waals surface area contributed by atoms with E-state index in [0.717, 1.165) is 6.54 Å². The molecule has 2 unspecified atom stereocenters. The van der Waals surface area contributed by atoms with Crippen molar-refractivity contribution in [3.8, 4) is 6.07 Å². The van der Waals surface area contributed by atoms with Crippen LogP contribution < -0.4 is 0 Å². The Kier molecular flexibility index (Phi) is 2.92. The van der Waals surface area contributed by atoms with Gasteiger partial charge in [0.1, 0.15) is 0 Å². The monoisotopic (exact) mass is 180 g/mol. The number of amides is 1. The van der Waals surface area contributed by atoms with Crippen LogP contribution in [-0.2, 0) is 4.79 Å². The van der Waals surface area contributed by atoms with Crippen molar-refractivity contribution in [2.24, 2.45) is 11.8 Å². The molecule has 3 heteroatoms. The fourth-order valence-corrected chi connectivity index (χ4v) is 1.70. The predicted molar refractivity (Wildman–Crippen MR) is 49.7 cm³/mol. The van der Waals surface area contributed by atoms with Crippen molar-refractivity contribution in [1.82, 2.24) is 4.90 Å². The average Bonchev–Trinajstić information content (AvgIpc) is 2.46. The van der Waals surface area contributed by atoms with E-state index >= 15 is 0 Å². The first kappa shape index (κ1) is 10.0. The number of carbonyl (C=O) groups excluding carboxylic acids is 1. The Balaban J connectivity index is 2.61. The summed E-state index contributed by atoms with van der Waals surface area (Å²) in [6.07, 6.45) is 0.549. The van der Waals surface area contributed by atoms with Crippen LogP contribution in [0.3, 0.4) is 0 Å². The maximum Gasteiger partial charge on any atom is 0.223 e. The van der Waals surface area contributed by atoms with E-state index in [-0.39, 0.29) is 23.8 Å². The fraction of sp³-hybridized carbons (Fsp3) is 0.800. The van der Waals surface area contributed by atoms with Crippen LogP contribution in [0.1, 0.15) is 27.2 Å². The van der Waals surface area contributed by atoms with Crippen LogP contribution in [-0.4, -0.2) is 23.4 Å². The van der Waals surface area contributed by atoms with Gasteiger partial charge in [-0.05, 0) is 20.8 Å². The molecule has 0 aliphatic carbocycles. The van der Waals surface area contributed by atoms with Crippen molar-refractivity contribution >= 4 is 5.91 Å². The van der Waals surface area contributed by atoms with Crippen molar-refractivity contribution in [3.63, 3.8) is 0 Å². The average molecular weight is 180 g/mol. The second-order valence-corrected chi connectivity index (χ2v) is 4.02. The van der Waals surface area contributed by atoms with Crippen molar-refractivity contribution < 1.29 is 4.79 Å². The molecule has 72 valence electrons. The summed E-state index contributed by atoms with van der Waals surface area (Å²) in [5, 5.41) is 8.73. The number of likely N-dealkylation sites (tertiary alicyclic amines) is 1. The van der Waals surface area contributed by atoms with E-state index in [4.69, 9.17) is 5.26 Å². The highest BCUT2D eigenvalue weighted by atomic mass is 16.2. The van der Waals surface area contributed by atoms with E-state index in [9.17, 15) is 4.79 Å². The Labute approximate surface area is 79.3 Å². The zero-order chi connectivity index (χ0) is 10.0. The maximum absolute atomic E-state index is 11.5. The molecule has 1 saturated heterocycles. The highest BCUT2D eigenvalue weighted by Crippen LogP contribution is 2.25. The van der Waals surface area contributed by atoms with Gasteiger partial charge in [0.05, 0.1) is 6.07 Å². The van der Waals surface area contributed by atoms with Crippen LogP contribution in [0.5, 0.6) is 0 Å². The predicted octanol–water partition coefficient (Wildman–Crippen LogP) is 1.40. The highest BCUT2D eigenvalue weighted by molar-refractivity contribution is 5.79. The van der Waals surface area contributed by atoms with E-state index in [2.05, 4.69) is 6.07 Å². The summed E-state index contributed by atoms with van der Waals surface area (Å²) in [6.45, 7) is 6.67. The summed E-state index contributed by atoms with van der Waals surface area (Å²) in [4.78, 5) is 13.3. The third kappa shape index (κ3) is 2.00. The third-order valence-corrected chi connectivity index (χ3v) is 2.72. The van der Waals surface area contributed by atoms with Crippen LogP contribution in [0.4, 0.5) is 0 Å². The number of nitriles is 1. The molecule has 2 atom stereocenters. The molecular formula is C10H16N2O. The lowest BCUT2D eigenvalue weighted by Gasteiger charge is -2.21. The summed E-state index contributed by atoms with van der Waals surface area (Å²) in [6, 6.07) is 2.48. The Morgan fingerprint density at radius 3 is 2.54 bits per heavy atom. The topological polar surface area (TPSA) is 44.1 Å². The maximum atomic E-state index is 11.5. The molecule has 0 radical (unpaired) electrons. The lowest BCUT2D eigenvalue weighted by Crippen LogP contribution is -2.32. The zero-order valence-electron chi connectivity index (χ0n) is 8.45. The first-order chi connectivity index (χ1) is 6.06. The van der Waals surface area contributed by atoms with Gasteiger partial charge in [0.2, 0.25) is 5.91 Å². The van der Waals surface area contributed by atoms with Gasteiger partial charge in [-0.1, -0.05) is 0 Å². The van der Waals surface area contributed by atoms with Crippen molar-refractivity contribution in [3.05, 3.63) is 0 Å². The van der Waals surface area contributed by atoms with Gasteiger partial charge in [-0.2, -0.15) is 5.26 Å². The molecule has 0 aromatic carbocycles. The fourth-order valence-electron chi connectivity index (χ4n) is 1.70. The Morgan fingerprint density at radius 1 is 1.54 bits per heavy atom. The third-order valence-electron chi connectivity index (χ3n) is 2.72. The van der Waals surface area contributed by atoms with E-state index in [1.54, 1.807) is 0 Å². The molecule has 1 fully saturated rings. The number of hydrogen-bond acceptors (Lipinski definition) is 2. The van der Waals surface area contributed by atoms with Gasteiger partial charge in [-0.15, -0.1) is 0 Å². The van der Waals surface area contributed by atoms with Crippen LogP contribution in [0, 0.1) is 23.2 Å². The summed E-state index contributed by atoms with van der Waals surface area (Å²) in [5.41, 5.74) is 0. The Hall–Kier alpha value is -1.04. The lowest BCUT2D eigenvalue weighted by atomic mass is 9.95. The molecule has 3 nitrogen and oxygen atoms in total. The second kappa shape index (κ2) is 3.78. The minimum atomic E-state index is -0.00676. The molecule has 1 heterocycles. The van der Waals surface area contributed by atoms with Crippen LogP contribution >= 0.6 is 0 Å². The van der Waals surface area contributed by atoms with E-state index < -0.39 is 0 Å². The minimum Gasteiger partial charge on any atom is -0.340 e. The second-order valence-electron chi connectivity index (χ2n) is 4.02. The van der Waals surface area contributed by atoms with Gasteiger partial charge < -0.3 is 4.90 Å². The smallest absolute Gasteiger partial charge is 0.223 e. The molecule has 1 rings (SSSR count). The molecule has 0 aromatic heterocycles. The number of nitrogens with zero attached hydrogens (tertiary/aromatic N) is 2. The minimum absolute atomic E-state index is 0.00676. The van der Waals surface area contributed by atoms with Crippen LogP contribution in [0.25, 0.3) is 0 Å². The Bertz CT molecular complexity index is 242. The Morgan fingerprint density at radius 2 is 2.15 bits per heavy atom. The van der Waals surface area contributed by atoms with Gasteiger partial charge in [0.25, 0.3) is 0 Å². The highest BCUT2D eigenvalue weighted by Gasteiger charge is 2.33. The molecule has 1 aliphatic rings. The van der Waals surface area contributed by atoms with Gasteiger partial charge >= 0.3 is 0 Å². The normalized spacial score (nSPS) is 25.0. The summed E-state index contributed by atoms with van der Waals surface area (Å²) >= 11 is 0. The molecule has 1 aliphatic heterocycles. The molecule has 0 aromatic rings. The first-order valence-electron chi connectivity index (χ1n) is 4.75. The SMILES string of the molecule is CC(C#N)C1CC(=O)N(C(C)C)C1. The molecular weight excluding hydrogens is 164 g/mol. The standard InChI is InChI=1S/C10H16N2O/c1-7(2)12-6-9(4-10(12)13)8(3)5-11/h7-9H,4,6H2,1-3H3. The molecule has 0 N–H and O–H groups in total. The summed E-state index contributed by atoms with van der Waals surface area (Å²) in [7, 11) is 0. The van der Waals surface area contributed by atoms with Gasteiger partial charge in [-0.25, -0.2) is 0 Å². The van der Waals surface area contributed by atoms with Gasteiger partial charge in [0.15, 0.2) is 0 Å². The zero-order valence-corrected chi connectivity index (χ0v) is 8.45. The molecule has 0 bridgehead atoms. The lowest BCUT2D eigenvalue weighted by molar-refractivity contribution is -0.129. The largest absolute Gasteiger partial charge is 0.340 e. The first-order valence-corrected chi connectivity index (χ1v) is 4.75.